The fraction of sp³-hybridized carbons (Fsp3) is 1.00. The Kier molecular flexibility index (Phi) is 5.34. The maximum Gasteiger partial charge on any atom is 0.00965 e. The highest BCUT2D eigenvalue weighted by atomic mass is 79.9. The quantitative estimate of drug-likeness (QED) is 0.625. The predicted octanol–water partition coefficient (Wildman–Crippen LogP) is 3.28. The molecule has 2 heteroatoms. The Morgan fingerprint density at radius 3 is 2.46 bits per heavy atom. The van der Waals surface area contributed by atoms with Gasteiger partial charge in [0.2, 0.25) is 0 Å². The maximum absolute atomic E-state index is 3.60. The van der Waals surface area contributed by atoms with Crippen molar-refractivity contribution in [2.24, 2.45) is 5.92 Å². The van der Waals surface area contributed by atoms with Crippen LogP contribution in [0.25, 0.3) is 0 Å². The highest BCUT2D eigenvalue weighted by molar-refractivity contribution is 9.09. The molecule has 0 heterocycles. The first-order chi connectivity index (χ1) is 6.31. The third-order valence-electron chi connectivity index (χ3n) is 2.86. The summed E-state index contributed by atoms with van der Waals surface area (Å²) < 4.78 is 0. The first-order valence-corrected chi connectivity index (χ1v) is 6.73. The molecule has 0 aromatic carbocycles. The number of rotatable bonds is 7. The van der Waals surface area contributed by atoms with Crippen LogP contribution in [0, 0.1) is 5.92 Å². The monoisotopic (exact) mass is 247 g/mol. The third kappa shape index (κ3) is 3.99. The standard InChI is InChI=1S/C11H22BrN/c1-3-7-13(11-5-6-11)9-10(4-2)8-12/h10-11H,3-9H2,1-2H3. The summed E-state index contributed by atoms with van der Waals surface area (Å²) in [7, 11) is 0. The molecule has 0 aromatic heterocycles. The summed E-state index contributed by atoms with van der Waals surface area (Å²) in [4.78, 5) is 2.69. The van der Waals surface area contributed by atoms with Crippen LogP contribution in [0.15, 0.2) is 0 Å². The fourth-order valence-corrected chi connectivity index (χ4v) is 2.43. The van der Waals surface area contributed by atoms with Gasteiger partial charge in [0.25, 0.3) is 0 Å². The molecule has 0 amide bonds. The van der Waals surface area contributed by atoms with Gasteiger partial charge >= 0.3 is 0 Å². The van der Waals surface area contributed by atoms with Crippen molar-refractivity contribution in [3.8, 4) is 0 Å². The first kappa shape index (κ1) is 11.5. The Morgan fingerprint density at radius 2 is 2.08 bits per heavy atom. The van der Waals surface area contributed by atoms with Crippen molar-refractivity contribution in [3.63, 3.8) is 0 Å². The molecule has 1 saturated carbocycles. The number of halogens is 1. The fourth-order valence-electron chi connectivity index (χ4n) is 1.77. The number of nitrogens with zero attached hydrogens (tertiary/aromatic N) is 1. The predicted molar refractivity (Wildman–Crippen MR) is 62.5 cm³/mol. The van der Waals surface area contributed by atoms with Gasteiger partial charge in [0, 0.05) is 17.9 Å². The molecule has 13 heavy (non-hydrogen) atoms. The van der Waals surface area contributed by atoms with Crippen LogP contribution in [-0.2, 0) is 0 Å². The number of hydrogen-bond donors (Lipinski definition) is 0. The Hall–Kier alpha value is 0.440. The Labute approximate surface area is 91.0 Å². The van der Waals surface area contributed by atoms with E-state index in [2.05, 4.69) is 34.7 Å². The molecule has 1 atom stereocenters. The SMILES string of the molecule is CCCN(CC(CC)CBr)C1CC1. The van der Waals surface area contributed by atoms with Crippen molar-refractivity contribution >= 4 is 15.9 Å². The van der Waals surface area contributed by atoms with E-state index >= 15 is 0 Å². The molecule has 1 rings (SSSR count). The molecule has 0 spiro atoms. The molecule has 78 valence electrons. The molecule has 1 unspecified atom stereocenters. The molecule has 1 aliphatic rings. The molecule has 0 bridgehead atoms. The summed E-state index contributed by atoms with van der Waals surface area (Å²) in [6, 6.07) is 0.938. The summed E-state index contributed by atoms with van der Waals surface area (Å²) in [5.74, 6) is 0.854. The second kappa shape index (κ2) is 6.02. The first-order valence-electron chi connectivity index (χ1n) is 5.61. The van der Waals surface area contributed by atoms with Crippen LogP contribution >= 0.6 is 15.9 Å². The van der Waals surface area contributed by atoms with Gasteiger partial charge in [-0.1, -0.05) is 36.2 Å². The molecule has 1 nitrogen and oxygen atoms in total. The zero-order valence-electron chi connectivity index (χ0n) is 8.93. The smallest absolute Gasteiger partial charge is 0.00965 e. The normalized spacial score (nSPS) is 19.4. The van der Waals surface area contributed by atoms with Crippen molar-refractivity contribution in [2.75, 3.05) is 18.4 Å². The lowest BCUT2D eigenvalue weighted by Crippen LogP contribution is -2.32. The van der Waals surface area contributed by atoms with Crippen molar-refractivity contribution in [2.45, 2.75) is 45.6 Å². The van der Waals surface area contributed by atoms with E-state index in [9.17, 15) is 0 Å². The van der Waals surface area contributed by atoms with Gasteiger partial charge < -0.3 is 4.90 Å². The van der Waals surface area contributed by atoms with Crippen LogP contribution in [0.5, 0.6) is 0 Å². The van der Waals surface area contributed by atoms with E-state index < -0.39 is 0 Å². The van der Waals surface area contributed by atoms with E-state index in [4.69, 9.17) is 0 Å². The lowest BCUT2D eigenvalue weighted by Gasteiger charge is -2.25. The summed E-state index contributed by atoms with van der Waals surface area (Å²) in [6.45, 7) is 7.18. The summed E-state index contributed by atoms with van der Waals surface area (Å²) in [5, 5.41) is 1.16. The molecule has 0 radical (unpaired) electrons. The van der Waals surface area contributed by atoms with Gasteiger partial charge in [-0.3, -0.25) is 0 Å². The lowest BCUT2D eigenvalue weighted by atomic mass is 10.1. The van der Waals surface area contributed by atoms with Crippen LogP contribution in [0.1, 0.15) is 39.5 Å². The van der Waals surface area contributed by atoms with Gasteiger partial charge in [-0.25, -0.2) is 0 Å². The molecule has 1 aliphatic carbocycles. The van der Waals surface area contributed by atoms with E-state index in [1.165, 1.54) is 38.8 Å². The average molecular weight is 248 g/mol. The lowest BCUT2D eigenvalue weighted by molar-refractivity contribution is 0.228. The van der Waals surface area contributed by atoms with E-state index in [1.54, 1.807) is 0 Å². The van der Waals surface area contributed by atoms with Gasteiger partial charge in [0.1, 0.15) is 0 Å². The summed E-state index contributed by atoms with van der Waals surface area (Å²) >= 11 is 3.60. The van der Waals surface area contributed by atoms with Crippen LogP contribution in [0.3, 0.4) is 0 Å². The molecular formula is C11H22BrN. The van der Waals surface area contributed by atoms with Gasteiger partial charge in [-0.15, -0.1) is 0 Å². The van der Waals surface area contributed by atoms with E-state index in [0.29, 0.717) is 0 Å². The van der Waals surface area contributed by atoms with Gasteiger partial charge in [0.15, 0.2) is 0 Å². The number of hydrogen-bond acceptors (Lipinski definition) is 1. The van der Waals surface area contributed by atoms with Crippen molar-refractivity contribution in [1.29, 1.82) is 0 Å². The molecule has 1 fully saturated rings. The molecule has 0 N–H and O–H groups in total. The van der Waals surface area contributed by atoms with Crippen molar-refractivity contribution in [3.05, 3.63) is 0 Å². The van der Waals surface area contributed by atoms with Crippen LogP contribution < -0.4 is 0 Å². The highest BCUT2D eigenvalue weighted by Gasteiger charge is 2.29. The Bertz CT molecular complexity index is 130. The number of alkyl halides is 1. The summed E-state index contributed by atoms with van der Waals surface area (Å²) in [5.41, 5.74) is 0. The highest BCUT2D eigenvalue weighted by Crippen LogP contribution is 2.28. The minimum absolute atomic E-state index is 0.854. The van der Waals surface area contributed by atoms with Gasteiger partial charge in [-0.05, 0) is 31.7 Å². The second-order valence-corrected chi connectivity index (χ2v) is 4.80. The van der Waals surface area contributed by atoms with Crippen LogP contribution in [0.4, 0.5) is 0 Å². The van der Waals surface area contributed by atoms with Gasteiger partial charge in [-0.2, -0.15) is 0 Å². The van der Waals surface area contributed by atoms with E-state index in [0.717, 1.165) is 17.3 Å². The maximum atomic E-state index is 3.60. The zero-order valence-corrected chi connectivity index (χ0v) is 10.5. The van der Waals surface area contributed by atoms with Crippen LogP contribution in [-0.4, -0.2) is 29.4 Å². The van der Waals surface area contributed by atoms with E-state index in [1.807, 2.05) is 0 Å². The average Bonchev–Trinajstić information content (AvgIpc) is 2.95. The molecule has 0 saturated heterocycles. The van der Waals surface area contributed by atoms with Crippen molar-refractivity contribution < 1.29 is 0 Å². The second-order valence-electron chi connectivity index (χ2n) is 4.15. The van der Waals surface area contributed by atoms with Crippen LogP contribution in [0.2, 0.25) is 0 Å². The third-order valence-corrected chi connectivity index (χ3v) is 3.78. The minimum Gasteiger partial charge on any atom is -0.300 e. The molecular weight excluding hydrogens is 226 g/mol. The Balaban J connectivity index is 2.27. The van der Waals surface area contributed by atoms with E-state index in [-0.39, 0.29) is 0 Å². The minimum atomic E-state index is 0.854. The Morgan fingerprint density at radius 1 is 1.38 bits per heavy atom. The largest absolute Gasteiger partial charge is 0.300 e. The molecule has 0 aliphatic heterocycles. The summed E-state index contributed by atoms with van der Waals surface area (Å²) in [6.07, 6.45) is 5.49. The zero-order chi connectivity index (χ0) is 9.68. The topological polar surface area (TPSA) is 3.24 Å². The van der Waals surface area contributed by atoms with Crippen molar-refractivity contribution in [1.82, 2.24) is 4.90 Å². The van der Waals surface area contributed by atoms with Gasteiger partial charge in [0.05, 0.1) is 0 Å². The molecule has 0 aromatic rings.